The largest absolute Gasteiger partial charge is 0.495 e. The Morgan fingerprint density at radius 3 is 2.60 bits per heavy atom. The van der Waals surface area contributed by atoms with Gasteiger partial charge in [-0.3, -0.25) is 0 Å². The second kappa shape index (κ2) is 7.03. The van der Waals surface area contributed by atoms with Crippen molar-refractivity contribution in [2.24, 2.45) is 0 Å². The first-order valence-corrected chi connectivity index (χ1v) is 8.06. The Morgan fingerprint density at radius 2 is 1.90 bits per heavy atom. The lowest BCUT2D eigenvalue weighted by atomic mass is 10.2. The minimum absolute atomic E-state index is 0.571. The van der Waals surface area contributed by atoms with Crippen molar-refractivity contribution < 1.29 is 4.74 Å². The van der Waals surface area contributed by atoms with Crippen molar-refractivity contribution in [1.82, 2.24) is 0 Å². The highest BCUT2D eigenvalue weighted by molar-refractivity contribution is 9.11. The molecule has 0 saturated carbocycles. The van der Waals surface area contributed by atoms with E-state index in [-0.39, 0.29) is 0 Å². The van der Waals surface area contributed by atoms with Crippen LogP contribution in [0.1, 0.15) is 5.56 Å². The van der Waals surface area contributed by atoms with Crippen LogP contribution in [0.5, 0.6) is 5.75 Å². The van der Waals surface area contributed by atoms with E-state index in [1.54, 1.807) is 25.3 Å². The quantitative estimate of drug-likeness (QED) is 0.617. The Morgan fingerprint density at radius 1 is 1.15 bits per heavy atom. The highest BCUT2D eigenvalue weighted by atomic mass is 79.9. The lowest BCUT2D eigenvalue weighted by Crippen LogP contribution is -2.03. The average molecular weight is 440 g/mol. The van der Waals surface area contributed by atoms with E-state index in [0.29, 0.717) is 16.6 Å². The molecule has 2 rings (SSSR count). The van der Waals surface area contributed by atoms with Gasteiger partial charge in [0.1, 0.15) is 5.75 Å². The van der Waals surface area contributed by atoms with Crippen LogP contribution in [-0.4, -0.2) is 7.11 Å². The fourth-order valence-corrected chi connectivity index (χ4v) is 3.63. The van der Waals surface area contributed by atoms with Crippen LogP contribution in [0.4, 0.5) is 5.69 Å². The van der Waals surface area contributed by atoms with Gasteiger partial charge < -0.3 is 10.1 Å². The van der Waals surface area contributed by atoms with Gasteiger partial charge >= 0.3 is 0 Å². The first kappa shape index (κ1) is 16.0. The summed E-state index contributed by atoms with van der Waals surface area (Å²) in [5.41, 5.74) is 1.79. The van der Waals surface area contributed by atoms with Crippen molar-refractivity contribution in [1.29, 1.82) is 0 Å². The minimum atomic E-state index is 0.571. The summed E-state index contributed by atoms with van der Waals surface area (Å²) >= 11 is 19.0. The number of methoxy groups -OCH3 is 1. The molecule has 0 fully saturated rings. The summed E-state index contributed by atoms with van der Waals surface area (Å²) in [7, 11) is 1.64. The maximum Gasteiger partial charge on any atom is 0.138 e. The van der Waals surface area contributed by atoms with Gasteiger partial charge in [0.15, 0.2) is 0 Å². The molecule has 2 nitrogen and oxygen atoms in total. The molecule has 0 bridgehead atoms. The van der Waals surface area contributed by atoms with Gasteiger partial charge in [0.25, 0.3) is 0 Å². The standard InChI is InChI=1S/C14H11Br2Cl2NO/c1-20-14-8(4-9(15)5-11(14)16)7-19-13-6-10(17)2-3-12(13)18/h2-6,19H,7H2,1H3. The summed E-state index contributed by atoms with van der Waals surface area (Å²) in [6, 6.07) is 9.25. The van der Waals surface area contributed by atoms with Crippen LogP contribution in [0.2, 0.25) is 10.0 Å². The molecular formula is C14H11Br2Cl2NO. The molecule has 20 heavy (non-hydrogen) atoms. The third-order valence-electron chi connectivity index (χ3n) is 2.69. The number of nitrogens with one attached hydrogen (secondary N) is 1. The lowest BCUT2D eigenvalue weighted by molar-refractivity contribution is 0.407. The Hall–Kier alpha value is -0.420. The molecule has 0 unspecified atom stereocenters. The molecule has 2 aromatic carbocycles. The molecular weight excluding hydrogens is 429 g/mol. The van der Waals surface area contributed by atoms with Crippen LogP contribution in [-0.2, 0) is 6.54 Å². The van der Waals surface area contributed by atoms with Crippen LogP contribution in [0, 0.1) is 0 Å². The van der Waals surface area contributed by atoms with Gasteiger partial charge in [-0.25, -0.2) is 0 Å². The molecule has 0 atom stereocenters. The number of ether oxygens (including phenoxy) is 1. The fraction of sp³-hybridized carbons (Fsp3) is 0.143. The first-order chi connectivity index (χ1) is 9.51. The third-order valence-corrected chi connectivity index (χ3v) is 4.30. The molecule has 106 valence electrons. The molecule has 0 aromatic heterocycles. The normalized spacial score (nSPS) is 10.4. The number of hydrogen-bond donors (Lipinski definition) is 1. The lowest BCUT2D eigenvalue weighted by Gasteiger charge is -2.14. The summed E-state index contributed by atoms with van der Waals surface area (Å²) < 4.78 is 7.27. The SMILES string of the molecule is COc1c(Br)cc(Br)cc1CNc1cc(Cl)ccc1Cl. The topological polar surface area (TPSA) is 21.3 Å². The number of halogens is 4. The molecule has 0 aliphatic carbocycles. The molecule has 0 radical (unpaired) electrons. The maximum absolute atomic E-state index is 6.13. The van der Waals surface area contributed by atoms with Gasteiger partial charge in [-0.15, -0.1) is 0 Å². The van der Waals surface area contributed by atoms with Crippen molar-refractivity contribution in [2.75, 3.05) is 12.4 Å². The zero-order valence-electron chi connectivity index (χ0n) is 10.5. The summed E-state index contributed by atoms with van der Waals surface area (Å²) in [5.74, 6) is 0.791. The zero-order chi connectivity index (χ0) is 14.7. The number of anilines is 1. The Bertz CT molecular complexity index is 635. The molecule has 6 heteroatoms. The summed E-state index contributed by atoms with van der Waals surface area (Å²) in [5, 5.41) is 4.53. The van der Waals surface area contributed by atoms with Gasteiger partial charge in [-0.1, -0.05) is 39.1 Å². The summed E-state index contributed by atoms with van der Waals surface area (Å²) in [6.45, 7) is 0.571. The number of rotatable bonds is 4. The highest BCUT2D eigenvalue weighted by Gasteiger charge is 2.10. The fourth-order valence-electron chi connectivity index (χ4n) is 1.80. The number of hydrogen-bond acceptors (Lipinski definition) is 2. The van der Waals surface area contributed by atoms with Crippen molar-refractivity contribution in [2.45, 2.75) is 6.54 Å². The molecule has 1 N–H and O–H groups in total. The summed E-state index contributed by atoms with van der Waals surface area (Å²) in [6.07, 6.45) is 0. The smallest absolute Gasteiger partial charge is 0.138 e. The molecule has 0 heterocycles. The van der Waals surface area contributed by atoms with Crippen molar-refractivity contribution in [3.8, 4) is 5.75 Å². The van der Waals surface area contributed by atoms with E-state index in [4.69, 9.17) is 27.9 Å². The molecule has 0 saturated heterocycles. The second-order valence-corrected chi connectivity index (χ2v) is 6.67. The van der Waals surface area contributed by atoms with Crippen LogP contribution in [0.25, 0.3) is 0 Å². The monoisotopic (exact) mass is 437 g/mol. The van der Waals surface area contributed by atoms with Gasteiger partial charge in [0.05, 0.1) is 22.3 Å². The van der Waals surface area contributed by atoms with Crippen molar-refractivity contribution in [3.63, 3.8) is 0 Å². The first-order valence-electron chi connectivity index (χ1n) is 5.72. The van der Waals surface area contributed by atoms with E-state index in [9.17, 15) is 0 Å². The van der Waals surface area contributed by atoms with Gasteiger partial charge in [-0.2, -0.15) is 0 Å². The zero-order valence-corrected chi connectivity index (χ0v) is 15.2. The predicted molar refractivity (Wildman–Crippen MR) is 92.2 cm³/mol. The van der Waals surface area contributed by atoms with Crippen LogP contribution in [0.3, 0.4) is 0 Å². The summed E-state index contributed by atoms with van der Waals surface area (Å²) in [4.78, 5) is 0. The van der Waals surface area contributed by atoms with E-state index in [1.165, 1.54) is 0 Å². The molecule has 0 amide bonds. The Labute approximate surface area is 144 Å². The van der Waals surface area contributed by atoms with Gasteiger partial charge in [-0.05, 0) is 46.3 Å². The molecule has 0 aliphatic rings. The highest BCUT2D eigenvalue weighted by Crippen LogP contribution is 2.34. The van der Waals surface area contributed by atoms with Gasteiger partial charge in [0, 0.05) is 21.6 Å². The minimum Gasteiger partial charge on any atom is -0.495 e. The Kier molecular flexibility index (Phi) is 5.61. The van der Waals surface area contributed by atoms with Gasteiger partial charge in [0.2, 0.25) is 0 Å². The molecule has 0 spiro atoms. The maximum atomic E-state index is 6.13. The van der Waals surface area contributed by atoms with Crippen molar-refractivity contribution >= 4 is 60.7 Å². The van der Waals surface area contributed by atoms with E-state index in [2.05, 4.69) is 37.2 Å². The van der Waals surface area contributed by atoms with E-state index in [1.807, 2.05) is 12.1 Å². The van der Waals surface area contributed by atoms with E-state index >= 15 is 0 Å². The molecule has 2 aromatic rings. The predicted octanol–water partition coefficient (Wildman–Crippen LogP) is 6.14. The van der Waals surface area contributed by atoms with Crippen LogP contribution in [0.15, 0.2) is 39.3 Å². The van der Waals surface area contributed by atoms with E-state index < -0.39 is 0 Å². The van der Waals surface area contributed by atoms with E-state index in [0.717, 1.165) is 25.9 Å². The average Bonchev–Trinajstić information content (AvgIpc) is 2.39. The van der Waals surface area contributed by atoms with Crippen LogP contribution >= 0.6 is 55.1 Å². The van der Waals surface area contributed by atoms with Crippen LogP contribution < -0.4 is 10.1 Å². The second-order valence-electron chi connectivity index (χ2n) is 4.06. The van der Waals surface area contributed by atoms with Crippen molar-refractivity contribution in [3.05, 3.63) is 54.9 Å². The third kappa shape index (κ3) is 3.82. The Balaban J connectivity index is 2.24. The number of benzene rings is 2. The molecule has 0 aliphatic heterocycles.